The van der Waals surface area contributed by atoms with Gasteiger partial charge in [0.1, 0.15) is 5.75 Å². The highest BCUT2D eigenvalue weighted by Crippen LogP contribution is 2.30. The predicted octanol–water partition coefficient (Wildman–Crippen LogP) is 3.96. The Kier molecular flexibility index (Phi) is 5.72. The number of ether oxygens (including phenoxy) is 1. The third kappa shape index (κ3) is 4.17. The van der Waals surface area contributed by atoms with Gasteiger partial charge >= 0.3 is 0 Å². The van der Waals surface area contributed by atoms with E-state index >= 15 is 0 Å². The monoisotopic (exact) mass is 271 g/mol. The number of thiol groups is 1. The van der Waals surface area contributed by atoms with E-state index in [0.717, 1.165) is 22.6 Å². The van der Waals surface area contributed by atoms with Gasteiger partial charge in [0, 0.05) is 18.2 Å². The number of hydrogen-bond acceptors (Lipinski definition) is 3. The minimum Gasteiger partial charge on any atom is -0.489 e. The molecule has 1 atom stereocenters. The first kappa shape index (κ1) is 14.3. The Bertz CT molecular complexity index is 406. The Morgan fingerprint density at radius 1 is 1.59 bits per heavy atom. The van der Waals surface area contributed by atoms with Crippen LogP contribution in [0.1, 0.15) is 25.8 Å². The van der Waals surface area contributed by atoms with Crippen LogP contribution in [0.3, 0.4) is 0 Å². The minimum atomic E-state index is 0.168. The van der Waals surface area contributed by atoms with E-state index in [-0.39, 0.29) is 6.10 Å². The van der Waals surface area contributed by atoms with Crippen LogP contribution < -0.4 is 10.1 Å². The first-order valence-corrected chi connectivity index (χ1v) is 6.44. The quantitative estimate of drug-likeness (QED) is 0.791. The fourth-order valence-corrected chi connectivity index (χ4v) is 1.77. The molecule has 2 nitrogen and oxygen atoms in total. The number of hydrogen-bond donors (Lipinski definition) is 2. The summed E-state index contributed by atoms with van der Waals surface area (Å²) in [5, 5.41) is 3.54. The lowest BCUT2D eigenvalue weighted by molar-refractivity contribution is 0.217. The summed E-state index contributed by atoms with van der Waals surface area (Å²) in [6, 6.07) is 5.68. The molecule has 1 aromatic rings. The van der Waals surface area contributed by atoms with Gasteiger partial charge in [-0.15, -0.1) is 12.6 Å². The summed E-state index contributed by atoms with van der Waals surface area (Å²) in [5.41, 5.74) is 0.962. The zero-order chi connectivity index (χ0) is 12.8. The molecule has 1 rings (SSSR count). The van der Waals surface area contributed by atoms with Gasteiger partial charge in [0.05, 0.1) is 11.1 Å². The normalized spacial score (nSPS) is 13.4. The van der Waals surface area contributed by atoms with Gasteiger partial charge in [-0.2, -0.15) is 0 Å². The molecular formula is C13H18ClNOS. The molecule has 17 heavy (non-hydrogen) atoms. The summed E-state index contributed by atoms with van der Waals surface area (Å²) in [4.78, 5) is 0.837. The highest BCUT2D eigenvalue weighted by atomic mass is 35.5. The molecule has 0 amide bonds. The fraction of sp³-hybridized carbons (Fsp3) is 0.385. The van der Waals surface area contributed by atoms with Gasteiger partial charge in [0.15, 0.2) is 0 Å². The molecule has 0 aliphatic heterocycles. The SMILES string of the molecule is CCC(C)Oc1ccc(/C(S)=C/NC)cc1Cl. The van der Waals surface area contributed by atoms with Gasteiger partial charge in [-0.1, -0.05) is 24.6 Å². The van der Waals surface area contributed by atoms with Crippen molar-refractivity contribution >= 4 is 29.1 Å². The van der Waals surface area contributed by atoms with E-state index < -0.39 is 0 Å². The van der Waals surface area contributed by atoms with Crippen molar-refractivity contribution in [1.29, 1.82) is 0 Å². The van der Waals surface area contributed by atoms with E-state index in [1.807, 2.05) is 38.4 Å². The van der Waals surface area contributed by atoms with Gasteiger partial charge in [-0.05, 0) is 31.0 Å². The lowest BCUT2D eigenvalue weighted by Gasteiger charge is -2.14. The van der Waals surface area contributed by atoms with Crippen LogP contribution in [0.5, 0.6) is 5.75 Å². The van der Waals surface area contributed by atoms with E-state index in [4.69, 9.17) is 16.3 Å². The van der Waals surface area contributed by atoms with Gasteiger partial charge < -0.3 is 10.1 Å². The van der Waals surface area contributed by atoms with Crippen molar-refractivity contribution in [3.8, 4) is 5.75 Å². The summed E-state index contributed by atoms with van der Waals surface area (Å²) < 4.78 is 5.70. The average molecular weight is 272 g/mol. The maximum Gasteiger partial charge on any atom is 0.138 e. The van der Waals surface area contributed by atoms with Crippen molar-refractivity contribution < 1.29 is 4.74 Å². The summed E-state index contributed by atoms with van der Waals surface area (Å²) in [6.45, 7) is 4.10. The first-order chi connectivity index (χ1) is 8.08. The van der Waals surface area contributed by atoms with Crippen LogP contribution in [-0.4, -0.2) is 13.2 Å². The Morgan fingerprint density at radius 3 is 2.82 bits per heavy atom. The molecule has 0 aliphatic rings. The molecule has 0 heterocycles. The second kappa shape index (κ2) is 6.82. The van der Waals surface area contributed by atoms with Gasteiger partial charge in [-0.3, -0.25) is 0 Å². The van der Waals surface area contributed by atoms with Crippen LogP contribution in [0.2, 0.25) is 5.02 Å². The predicted molar refractivity (Wildman–Crippen MR) is 77.9 cm³/mol. The topological polar surface area (TPSA) is 21.3 Å². The van der Waals surface area contributed by atoms with Crippen LogP contribution in [0.4, 0.5) is 0 Å². The fourth-order valence-electron chi connectivity index (χ4n) is 1.28. The standard InChI is InChI=1S/C13H18ClNOS/c1-4-9(2)16-12-6-5-10(7-11(12)14)13(17)8-15-3/h5-9,15,17H,4H2,1-3H3/b13-8-. The molecule has 1 aromatic carbocycles. The summed E-state index contributed by atoms with van der Waals surface area (Å²) in [5.74, 6) is 0.718. The number of halogens is 1. The average Bonchev–Trinajstić information content (AvgIpc) is 2.31. The molecule has 0 bridgehead atoms. The lowest BCUT2D eigenvalue weighted by Crippen LogP contribution is -2.09. The van der Waals surface area contributed by atoms with Crippen molar-refractivity contribution in [3.63, 3.8) is 0 Å². The molecule has 0 radical (unpaired) electrons. The Balaban J connectivity index is 2.90. The van der Waals surface area contributed by atoms with E-state index in [9.17, 15) is 0 Å². The number of rotatable bonds is 5. The summed E-state index contributed by atoms with van der Waals surface area (Å²) >= 11 is 10.5. The molecule has 0 aliphatic carbocycles. The molecule has 0 fully saturated rings. The van der Waals surface area contributed by atoms with Crippen molar-refractivity contribution in [3.05, 3.63) is 35.0 Å². The second-order valence-electron chi connectivity index (χ2n) is 3.80. The van der Waals surface area contributed by atoms with Gasteiger partial charge in [-0.25, -0.2) is 0 Å². The van der Waals surface area contributed by atoms with Crippen molar-refractivity contribution in [2.45, 2.75) is 26.4 Å². The van der Waals surface area contributed by atoms with E-state index in [2.05, 4.69) is 24.9 Å². The maximum absolute atomic E-state index is 6.17. The highest BCUT2D eigenvalue weighted by Gasteiger charge is 2.07. The van der Waals surface area contributed by atoms with Crippen molar-refractivity contribution in [2.24, 2.45) is 0 Å². The van der Waals surface area contributed by atoms with Crippen molar-refractivity contribution in [1.82, 2.24) is 5.32 Å². The summed E-state index contributed by atoms with van der Waals surface area (Å²) in [7, 11) is 1.83. The molecule has 94 valence electrons. The smallest absolute Gasteiger partial charge is 0.138 e. The van der Waals surface area contributed by atoms with Crippen molar-refractivity contribution in [2.75, 3.05) is 7.05 Å². The third-order valence-electron chi connectivity index (χ3n) is 2.41. The van der Waals surface area contributed by atoms with Crippen LogP contribution in [-0.2, 0) is 0 Å². The lowest BCUT2D eigenvalue weighted by atomic mass is 10.2. The Hall–Kier alpha value is -0.800. The van der Waals surface area contributed by atoms with Crippen LogP contribution in [0.15, 0.2) is 24.4 Å². The van der Waals surface area contributed by atoms with Gasteiger partial charge in [0.25, 0.3) is 0 Å². The van der Waals surface area contributed by atoms with E-state index in [1.165, 1.54) is 0 Å². The molecule has 0 saturated heterocycles. The summed E-state index contributed by atoms with van der Waals surface area (Å²) in [6.07, 6.45) is 2.93. The maximum atomic E-state index is 6.17. The molecule has 0 spiro atoms. The molecular weight excluding hydrogens is 254 g/mol. The molecule has 4 heteroatoms. The zero-order valence-electron chi connectivity index (χ0n) is 10.3. The first-order valence-electron chi connectivity index (χ1n) is 5.61. The van der Waals surface area contributed by atoms with Crippen LogP contribution >= 0.6 is 24.2 Å². The highest BCUT2D eigenvalue weighted by molar-refractivity contribution is 7.90. The largest absolute Gasteiger partial charge is 0.489 e. The molecule has 0 saturated carbocycles. The third-order valence-corrected chi connectivity index (χ3v) is 3.09. The molecule has 1 N–H and O–H groups in total. The second-order valence-corrected chi connectivity index (χ2v) is 4.69. The molecule has 0 aromatic heterocycles. The number of benzene rings is 1. The minimum absolute atomic E-state index is 0.168. The van der Waals surface area contributed by atoms with Gasteiger partial charge in [0.2, 0.25) is 0 Å². The van der Waals surface area contributed by atoms with Crippen LogP contribution in [0, 0.1) is 0 Å². The van der Waals surface area contributed by atoms with Crippen LogP contribution in [0.25, 0.3) is 4.91 Å². The van der Waals surface area contributed by atoms with E-state index in [0.29, 0.717) is 5.02 Å². The Labute approximate surface area is 113 Å². The van der Waals surface area contributed by atoms with E-state index in [1.54, 1.807) is 0 Å². The zero-order valence-corrected chi connectivity index (χ0v) is 12.0. The Morgan fingerprint density at radius 2 is 2.29 bits per heavy atom. The number of nitrogens with one attached hydrogen (secondary N) is 1. The molecule has 1 unspecified atom stereocenters.